The molecule has 2 aromatic carbocycles. The summed E-state index contributed by atoms with van der Waals surface area (Å²) in [5, 5.41) is 4.13. The highest BCUT2D eigenvalue weighted by Gasteiger charge is 2.25. The molecule has 2 heterocycles. The van der Waals surface area contributed by atoms with Crippen LogP contribution in [0.15, 0.2) is 77.5 Å². The highest BCUT2D eigenvalue weighted by atomic mass is 16.5. The Kier molecular flexibility index (Phi) is 6.55. The number of pyridine rings is 1. The molecule has 0 amide bonds. The van der Waals surface area contributed by atoms with Crippen LogP contribution < -0.4 is 0 Å². The van der Waals surface area contributed by atoms with Crippen molar-refractivity contribution in [2.75, 3.05) is 7.11 Å². The minimum atomic E-state index is -0.338. The second-order valence-electron chi connectivity index (χ2n) is 9.48. The van der Waals surface area contributed by atoms with Gasteiger partial charge in [-0.2, -0.15) is 0 Å². The number of carbonyl (C=O) groups is 1. The molecule has 2 atom stereocenters. The third-order valence-corrected chi connectivity index (χ3v) is 7.26. The second-order valence-corrected chi connectivity index (χ2v) is 9.48. The molecule has 0 saturated carbocycles. The zero-order valence-electron chi connectivity index (χ0n) is 21.1. The highest BCUT2D eigenvalue weighted by Crippen LogP contribution is 2.39. The van der Waals surface area contributed by atoms with E-state index in [0.29, 0.717) is 17.4 Å². The first-order valence-corrected chi connectivity index (χ1v) is 12.3. The number of esters is 1. The predicted octanol–water partition coefficient (Wildman–Crippen LogP) is 6.94. The van der Waals surface area contributed by atoms with Gasteiger partial charge in [-0.15, -0.1) is 0 Å². The maximum atomic E-state index is 12.0. The SMILES string of the molecule is COC(=O)c1ccc(C2=CC([C@@H](C)c3ccccc3)CCc3cc(-c4c(C)noc4C)cnc32)cc1. The first-order chi connectivity index (χ1) is 17.5. The molecule has 0 N–H and O–H groups in total. The molecule has 5 nitrogen and oxygen atoms in total. The van der Waals surface area contributed by atoms with Gasteiger partial charge in [0.15, 0.2) is 0 Å². The van der Waals surface area contributed by atoms with E-state index in [2.05, 4.69) is 54.6 Å². The van der Waals surface area contributed by atoms with E-state index in [1.165, 1.54) is 18.2 Å². The van der Waals surface area contributed by atoms with E-state index in [1.807, 2.05) is 44.3 Å². The lowest BCUT2D eigenvalue weighted by molar-refractivity contribution is 0.0600. The minimum Gasteiger partial charge on any atom is -0.465 e. The number of hydrogen-bond donors (Lipinski definition) is 0. The number of fused-ring (bicyclic) bond motifs is 1. The topological polar surface area (TPSA) is 65.2 Å². The van der Waals surface area contributed by atoms with E-state index in [-0.39, 0.29) is 5.97 Å². The normalized spacial score (nSPS) is 16.0. The van der Waals surface area contributed by atoms with E-state index in [1.54, 1.807) is 0 Å². The molecule has 2 aromatic heterocycles. The van der Waals surface area contributed by atoms with Crippen LogP contribution in [0.25, 0.3) is 16.7 Å². The fraction of sp³-hybridized carbons (Fsp3) is 0.258. The van der Waals surface area contributed by atoms with Gasteiger partial charge in [-0.1, -0.05) is 60.6 Å². The van der Waals surface area contributed by atoms with E-state index in [0.717, 1.165) is 52.3 Å². The molecule has 4 aromatic rings. The second kappa shape index (κ2) is 9.94. The summed E-state index contributed by atoms with van der Waals surface area (Å²) in [6.07, 6.45) is 6.23. The fourth-order valence-corrected chi connectivity index (χ4v) is 5.21. The number of allylic oxidation sites excluding steroid dienone is 1. The van der Waals surface area contributed by atoms with Crippen LogP contribution in [0.1, 0.15) is 63.5 Å². The lowest BCUT2D eigenvalue weighted by Crippen LogP contribution is -2.08. The minimum absolute atomic E-state index is 0.333. The Morgan fingerprint density at radius 2 is 1.81 bits per heavy atom. The summed E-state index contributed by atoms with van der Waals surface area (Å²) in [6.45, 7) is 6.20. The van der Waals surface area contributed by atoms with Crippen LogP contribution in [-0.4, -0.2) is 23.2 Å². The number of nitrogens with zero attached hydrogens (tertiary/aromatic N) is 2. The van der Waals surface area contributed by atoms with E-state index >= 15 is 0 Å². The number of ether oxygens (including phenoxy) is 1. The van der Waals surface area contributed by atoms with Crippen LogP contribution in [0.2, 0.25) is 0 Å². The molecule has 1 unspecified atom stereocenters. The first-order valence-electron chi connectivity index (χ1n) is 12.3. The first kappa shape index (κ1) is 23.7. The van der Waals surface area contributed by atoms with Gasteiger partial charge >= 0.3 is 5.97 Å². The smallest absolute Gasteiger partial charge is 0.337 e. The average molecular weight is 479 g/mol. The molecule has 0 fully saturated rings. The van der Waals surface area contributed by atoms with Gasteiger partial charge in [0.1, 0.15) is 5.76 Å². The summed E-state index contributed by atoms with van der Waals surface area (Å²) in [7, 11) is 1.40. The van der Waals surface area contributed by atoms with Crippen molar-refractivity contribution >= 4 is 11.5 Å². The van der Waals surface area contributed by atoms with E-state index < -0.39 is 0 Å². The van der Waals surface area contributed by atoms with Gasteiger partial charge in [-0.05, 0) is 73.4 Å². The predicted molar refractivity (Wildman–Crippen MR) is 141 cm³/mol. The molecule has 0 radical (unpaired) electrons. The number of rotatable bonds is 5. The zero-order chi connectivity index (χ0) is 25.2. The molecule has 1 aliphatic rings. The highest BCUT2D eigenvalue weighted by molar-refractivity contribution is 5.90. The summed E-state index contributed by atoms with van der Waals surface area (Å²) >= 11 is 0. The molecule has 182 valence electrons. The molecular weight excluding hydrogens is 448 g/mol. The monoisotopic (exact) mass is 478 g/mol. The molecule has 0 bridgehead atoms. The fourth-order valence-electron chi connectivity index (χ4n) is 5.21. The third kappa shape index (κ3) is 4.49. The zero-order valence-corrected chi connectivity index (χ0v) is 21.1. The molecule has 5 heteroatoms. The lowest BCUT2D eigenvalue weighted by atomic mass is 9.83. The number of methoxy groups -OCH3 is 1. The Morgan fingerprint density at radius 1 is 1.06 bits per heavy atom. The molecule has 0 saturated heterocycles. The summed E-state index contributed by atoms with van der Waals surface area (Å²) in [4.78, 5) is 17.0. The van der Waals surface area contributed by atoms with Crippen molar-refractivity contribution in [1.82, 2.24) is 10.1 Å². The summed E-state index contributed by atoms with van der Waals surface area (Å²) < 4.78 is 10.3. The van der Waals surface area contributed by atoms with Gasteiger partial charge in [-0.3, -0.25) is 4.98 Å². The Hall–Kier alpha value is -3.99. The van der Waals surface area contributed by atoms with Gasteiger partial charge in [0.05, 0.1) is 24.1 Å². The van der Waals surface area contributed by atoms with Gasteiger partial charge in [0, 0.05) is 22.9 Å². The lowest BCUT2D eigenvalue weighted by Gasteiger charge is -2.21. The number of benzene rings is 2. The van der Waals surface area contributed by atoms with Crippen LogP contribution >= 0.6 is 0 Å². The quantitative estimate of drug-likeness (QED) is 0.291. The number of aryl methyl sites for hydroxylation is 3. The van der Waals surface area contributed by atoms with Crippen LogP contribution in [0, 0.1) is 19.8 Å². The summed E-state index contributed by atoms with van der Waals surface area (Å²) in [6, 6.07) is 20.5. The van der Waals surface area contributed by atoms with E-state index in [9.17, 15) is 4.79 Å². The summed E-state index contributed by atoms with van der Waals surface area (Å²) in [5.41, 5.74) is 9.09. The van der Waals surface area contributed by atoms with Crippen molar-refractivity contribution in [2.45, 2.75) is 39.5 Å². The van der Waals surface area contributed by atoms with Gasteiger partial charge in [0.25, 0.3) is 0 Å². The van der Waals surface area contributed by atoms with Crippen molar-refractivity contribution < 1.29 is 14.1 Å². The Bertz CT molecular complexity index is 1400. The molecule has 0 aliphatic heterocycles. The molecule has 1 aliphatic carbocycles. The Balaban J connectivity index is 1.60. The summed E-state index contributed by atoms with van der Waals surface area (Å²) in [5.74, 6) is 1.15. The van der Waals surface area contributed by atoms with Crippen LogP contribution in [0.3, 0.4) is 0 Å². The number of carbonyl (C=O) groups excluding carboxylic acids is 1. The van der Waals surface area contributed by atoms with Gasteiger partial charge in [-0.25, -0.2) is 4.79 Å². The number of hydrogen-bond acceptors (Lipinski definition) is 5. The maximum Gasteiger partial charge on any atom is 0.337 e. The van der Waals surface area contributed by atoms with Crippen LogP contribution in [0.5, 0.6) is 0 Å². The molecule has 36 heavy (non-hydrogen) atoms. The molecular formula is C31H30N2O3. The largest absolute Gasteiger partial charge is 0.465 e. The third-order valence-electron chi connectivity index (χ3n) is 7.26. The van der Waals surface area contributed by atoms with E-state index in [4.69, 9.17) is 14.2 Å². The van der Waals surface area contributed by atoms with Crippen LogP contribution in [0.4, 0.5) is 0 Å². The standard InChI is InChI=1S/C31H30N2O3/c1-19(22-8-6-5-7-9-22)25-14-15-26-16-27(29-20(2)33-36-21(29)3)18-32-30(26)28(17-25)23-10-12-24(13-11-23)31(34)35-4/h5-13,16-19,25H,14-15H2,1-4H3/t19-,25?/m0/s1. The van der Waals surface area contributed by atoms with Crippen molar-refractivity contribution in [2.24, 2.45) is 5.92 Å². The van der Waals surface area contributed by atoms with Crippen molar-refractivity contribution in [3.63, 3.8) is 0 Å². The van der Waals surface area contributed by atoms with Crippen LogP contribution in [-0.2, 0) is 11.2 Å². The average Bonchev–Trinajstić information content (AvgIpc) is 3.14. The molecule has 5 rings (SSSR count). The molecule has 0 spiro atoms. The maximum absolute atomic E-state index is 12.0. The van der Waals surface area contributed by atoms with Gasteiger partial charge in [0.2, 0.25) is 0 Å². The van der Waals surface area contributed by atoms with Crippen molar-refractivity contribution in [3.05, 3.63) is 112 Å². The van der Waals surface area contributed by atoms with Crippen molar-refractivity contribution in [1.29, 1.82) is 0 Å². The number of aromatic nitrogens is 2. The van der Waals surface area contributed by atoms with Gasteiger partial charge < -0.3 is 9.26 Å². The Labute approximate surface area is 211 Å². The Morgan fingerprint density at radius 3 is 2.47 bits per heavy atom. The van der Waals surface area contributed by atoms with Crippen molar-refractivity contribution in [3.8, 4) is 11.1 Å².